The van der Waals surface area contributed by atoms with Gasteiger partial charge >= 0.3 is 0 Å². The van der Waals surface area contributed by atoms with Gasteiger partial charge in [-0.05, 0) is 170 Å². The van der Waals surface area contributed by atoms with Crippen molar-refractivity contribution in [1.82, 2.24) is 0 Å². The van der Waals surface area contributed by atoms with E-state index in [1.165, 1.54) is 140 Å². The lowest BCUT2D eigenvalue weighted by atomic mass is 9.72. The molecule has 6 rings (SSSR count). The molecule has 0 bridgehead atoms. The average molecular weight is 1270 g/mol. The van der Waals surface area contributed by atoms with E-state index in [1.807, 2.05) is 0 Å². The highest BCUT2D eigenvalue weighted by Gasteiger charge is 2.33. The summed E-state index contributed by atoms with van der Waals surface area (Å²) in [5, 5.41) is 0. The summed E-state index contributed by atoms with van der Waals surface area (Å²) in [6.07, 6.45) is 31.6. The van der Waals surface area contributed by atoms with Gasteiger partial charge in [-0.15, -0.1) is 0 Å². The summed E-state index contributed by atoms with van der Waals surface area (Å²) in [5.41, 5.74) is 8.20. The zero-order valence-electron chi connectivity index (χ0n) is 70.4. The van der Waals surface area contributed by atoms with E-state index in [0.717, 1.165) is 55.0 Å². The van der Waals surface area contributed by atoms with Gasteiger partial charge in [-0.2, -0.15) is 0 Å². The first-order valence-electron chi connectivity index (χ1n) is 38.3. The van der Waals surface area contributed by atoms with Gasteiger partial charge in [-0.1, -0.05) is 394 Å². The van der Waals surface area contributed by atoms with Crippen LogP contribution in [0.4, 0.5) is 0 Å². The first-order valence-corrected chi connectivity index (χ1v) is 38.3. The van der Waals surface area contributed by atoms with Gasteiger partial charge in [0.05, 0.1) is 0 Å². The van der Waals surface area contributed by atoms with Crippen LogP contribution in [-0.4, -0.2) is 13.7 Å². The number of methoxy groups -OCH3 is 1. The second-order valence-electron chi connectivity index (χ2n) is 42.6. The standard InChI is InChI=1S/C13H26.C11H22.C11H16.C10H20.C10H14.C9H20.C7H16O.C7H14.C7H16.C5H12/c1-5-11-7-6-8-12(9-11)10-13(2,3)4;2*1-11(2,3)9-10-7-5-4-6-8-10;2*1-10(2,3)9-7-5-4-6-8-9;1-8(2,3)7-9(4,5)6;1-7(2,3)5-6-8-4;1-7(2,3)6-4-5-6;1-6(2)7(3,4)5;1-5(2,3)4/h11-12H,5-10H2,1-4H3;10H,4-9H2,1-3H3;4-8H,9H2,1-3H3;9H,4-8H2,1-3H3;4-8H,1-3H3;7H2,1-6H3;5-6H2,1-4H3;6H,4-5H2,1-3H3;6H,1-5H3;1-4H3. The summed E-state index contributed by atoms with van der Waals surface area (Å²) in [5.74, 6) is 5.96. The SMILES string of the molecule is CC(C)(C)C.CC(C)(C)C1CC1.CC(C)(C)C1CCCCC1.CC(C)(C)CC(C)(C)C.CC(C)(C)CC1CCCCC1.CC(C)(C)Cc1ccccc1.CC(C)(C)c1ccccc1.CC(C)C(C)(C)C.CCC1CCCC(CC(C)(C)C)C1.COCCC(C)(C)C. The topological polar surface area (TPSA) is 9.23 Å². The molecule has 1 nitrogen and oxygen atoms in total. The van der Waals surface area contributed by atoms with Crippen LogP contribution in [-0.2, 0) is 16.6 Å². The molecule has 4 saturated carbocycles. The Kier molecular flexibility index (Phi) is 47.4. The highest BCUT2D eigenvalue weighted by Crippen LogP contribution is 2.45. The fraction of sp³-hybridized carbons (Fsp3) is 0.867. The molecule has 0 amide bonds. The Bertz CT molecular complexity index is 1890. The molecule has 2 unspecified atom stereocenters. The molecule has 4 fully saturated rings. The molecule has 0 aliphatic heterocycles. The summed E-state index contributed by atoms with van der Waals surface area (Å²) in [7, 11) is 1.74. The summed E-state index contributed by atoms with van der Waals surface area (Å²) in [4.78, 5) is 0. The van der Waals surface area contributed by atoms with Crippen LogP contribution in [0.1, 0.15) is 402 Å². The number of benzene rings is 2. The van der Waals surface area contributed by atoms with Crippen LogP contribution < -0.4 is 0 Å². The lowest BCUT2D eigenvalue weighted by Gasteiger charge is -2.33. The van der Waals surface area contributed by atoms with Crippen molar-refractivity contribution in [2.45, 2.75) is 403 Å². The molecule has 2 aromatic rings. The molecular formula is C90H176O. The van der Waals surface area contributed by atoms with Gasteiger partial charge in [0.1, 0.15) is 0 Å². The molecule has 2 atom stereocenters. The summed E-state index contributed by atoms with van der Waals surface area (Å²) < 4.78 is 4.92. The molecule has 0 heterocycles. The first kappa shape index (κ1) is 95.8. The second kappa shape index (κ2) is 45.1. The van der Waals surface area contributed by atoms with Gasteiger partial charge in [0.2, 0.25) is 0 Å². The Morgan fingerprint density at radius 2 is 0.725 bits per heavy atom. The van der Waals surface area contributed by atoms with Crippen molar-refractivity contribution in [2.24, 2.45) is 89.7 Å². The largest absolute Gasteiger partial charge is 0.385 e. The normalized spacial score (nSPS) is 18.1. The van der Waals surface area contributed by atoms with Crippen molar-refractivity contribution in [3.8, 4) is 0 Å². The Morgan fingerprint density at radius 1 is 0.385 bits per heavy atom. The number of hydrogen-bond donors (Lipinski definition) is 0. The molecular weight excluding hydrogens is 1100 g/mol. The average Bonchev–Trinajstić information content (AvgIpc) is 1.86. The maximum absolute atomic E-state index is 4.92. The van der Waals surface area contributed by atoms with Crippen LogP contribution >= 0.6 is 0 Å². The lowest BCUT2D eigenvalue weighted by molar-refractivity contribution is 0.159. The minimum atomic E-state index is 0.293. The first-order chi connectivity index (χ1) is 40.7. The van der Waals surface area contributed by atoms with Crippen molar-refractivity contribution in [3.05, 3.63) is 71.8 Å². The molecule has 91 heavy (non-hydrogen) atoms. The third-order valence-corrected chi connectivity index (χ3v) is 17.7. The molecule has 0 radical (unpaired) electrons. The second-order valence-corrected chi connectivity index (χ2v) is 42.6. The van der Waals surface area contributed by atoms with Gasteiger partial charge in [-0.3, -0.25) is 0 Å². The van der Waals surface area contributed by atoms with Crippen LogP contribution in [0.25, 0.3) is 0 Å². The van der Waals surface area contributed by atoms with Crippen LogP contribution in [0.5, 0.6) is 0 Å². The van der Waals surface area contributed by atoms with E-state index in [4.69, 9.17) is 4.74 Å². The predicted molar refractivity (Wildman–Crippen MR) is 422 cm³/mol. The van der Waals surface area contributed by atoms with Crippen molar-refractivity contribution in [2.75, 3.05) is 13.7 Å². The number of rotatable bonds is 6. The Balaban J connectivity index is -0.000000466. The van der Waals surface area contributed by atoms with Gasteiger partial charge in [-0.25, -0.2) is 0 Å². The third-order valence-electron chi connectivity index (χ3n) is 17.7. The van der Waals surface area contributed by atoms with Crippen LogP contribution in [0.15, 0.2) is 60.7 Å². The molecule has 0 saturated heterocycles. The molecule has 0 spiro atoms. The van der Waals surface area contributed by atoms with E-state index >= 15 is 0 Å². The third kappa shape index (κ3) is 72.5. The quantitative estimate of drug-likeness (QED) is 0.280. The molecule has 0 N–H and O–H groups in total. The molecule has 0 aromatic heterocycles. The summed E-state index contributed by atoms with van der Waals surface area (Å²) in [6, 6.07) is 21.2. The summed E-state index contributed by atoms with van der Waals surface area (Å²) >= 11 is 0. The van der Waals surface area contributed by atoms with Crippen LogP contribution in [0.2, 0.25) is 0 Å². The highest BCUT2D eigenvalue weighted by atomic mass is 16.5. The number of hydrogen-bond acceptors (Lipinski definition) is 1. The van der Waals surface area contributed by atoms with E-state index in [0.29, 0.717) is 59.6 Å². The fourth-order valence-electron chi connectivity index (χ4n) is 12.1. The fourth-order valence-corrected chi connectivity index (χ4v) is 12.1. The van der Waals surface area contributed by atoms with Gasteiger partial charge in [0.15, 0.2) is 0 Å². The maximum atomic E-state index is 4.92. The summed E-state index contributed by atoms with van der Waals surface area (Å²) in [6.45, 7) is 85.4. The zero-order chi connectivity index (χ0) is 72.2. The minimum Gasteiger partial charge on any atom is -0.385 e. The monoisotopic (exact) mass is 1270 g/mol. The Labute approximate surface area is 579 Å². The predicted octanol–water partition coefficient (Wildman–Crippen LogP) is 31.2. The van der Waals surface area contributed by atoms with Crippen molar-refractivity contribution in [3.63, 3.8) is 0 Å². The maximum Gasteiger partial charge on any atom is 0.0467 e. The van der Waals surface area contributed by atoms with Crippen molar-refractivity contribution >= 4 is 0 Å². The van der Waals surface area contributed by atoms with E-state index in [9.17, 15) is 0 Å². The Morgan fingerprint density at radius 3 is 0.967 bits per heavy atom. The minimum absolute atomic E-state index is 0.293. The van der Waals surface area contributed by atoms with Crippen LogP contribution in [0.3, 0.4) is 0 Å². The van der Waals surface area contributed by atoms with Gasteiger partial charge < -0.3 is 4.74 Å². The van der Waals surface area contributed by atoms with E-state index in [2.05, 4.69) is 317 Å². The number of ether oxygens (including phenoxy) is 1. The molecule has 4 aliphatic rings. The van der Waals surface area contributed by atoms with Crippen LogP contribution in [0, 0.1) is 89.7 Å². The molecule has 4 aliphatic carbocycles. The van der Waals surface area contributed by atoms with E-state index in [-0.39, 0.29) is 0 Å². The molecule has 1 heteroatoms. The lowest BCUT2D eigenvalue weighted by Crippen LogP contribution is -2.22. The van der Waals surface area contributed by atoms with Crippen molar-refractivity contribution < 1.29 is 4.74 Å². The molecule has 2 aromatic carbocycles. The Hall–Kier alpha value is -1.60. The smallest absolute Gasteiger partial charge is 0.0467 e. The van der Waals surface area contributed by atoms with Crippen molar-refractivity contribution in [1.29, 1.82) is 0 Å². The highest BCUT2D eigenvalue weighted by molar-refractivity contribution is 5.22. The zero-order valence-corrected chi connectivity index (χ0v) is 70.4. The van der Waals surface area contributed by atoms with E-state index < -0.39 is 0 Å². The van der Waals surface area contributed by atoms with E-state index in [1.54, 1.807) is 7.11 Å². The van der Waals surface area contributed by atoms with Gasteiger partial charge in [0, 0.05) is 13.7 Å². The van der Waals surface area contributed by atoms with Gasteiger partial charge in [0.25, 0.3) is 0 Å². The molecule has 542 valence electrons.